The van der Waals surface area contributed by atoms with Crippen molar-refractivity contribution in [3.8, 4) is 11.5 Å². The van der Waals surface area contributed by atoms with Gasteiger partial charge >= 0.3 is 17.9 Å². The zero-order valence-corrected chi connectivity index (χ0v) is 24.3. The third-order valence-electron chi connectivity index (χ3n) is 7.12. The van der Waals surface area contributed by atoms with Gasteiger partial charge in [0, 0.05) is 33.7 Å². The molecule has 5 aromatic rings. The minimum absolute atomic E-state index is 0.0306. The number of rotatable bonds is 13. The van der Waals surface area contributed by atoms with Crippen LogP contribution >= 0.6 is 0 Å². The molecule has 8 heteroatoms. The lowest BCUT2D eigenvalue weighted by Crippen LogP contribution is -2.18. The number of ether oxygens (including phenoxy) is 4. The van der Waals surface area contributed by atoms with Gasteiger partial charge in [0.15, 0.2) is 12.2 Å². The van der Waals surface area contributed by atoms with Crippen molar-refractivity contribution in [2.45, 2.75) is 12.2 Å². The van der Waals surface area contributed by atoms with Gasteiger partial charge in [0.05, 0.1) is 5.56 Å². The summed E-state index contributed by atoms with van der Waals surface area (Å²) in [6, 6.07) is 30.4. The highest BCUT2D eigenvalue weighted by atomic mass is 16.6. The molecule has 0 saturated heterocycles. The summed E-state index contributed by atoms with van der Waals surface area (Å²) >= 11 is 0. The number of carboxylic acid groups (broad SMARTS) is 1. The summed E-state index contributed by atoms with van der Waals surface area (Å²) in [6.45, 7) is 6.90. The zero-order valence-electron chi connectivity index (χ0n) is 24.3. The number of carbonyl (C=O) groups is 3. The standard InChI is InChI=1S/C37H30O8/c1-3-33(38)44-31(24-13-7-5-8-14-24)22-42-35-27-17-11-12-18-28(27)36(30-21-26(37(40)41)19-20-29(30)35)43-23-32(45-34(39)4-2)25-15-9-6-10-16-25/h3-21,31-32H,1-2,22-23H2,(H,40,41). The highest BCUT2D eigenvalue weighted by molar-refractivity contribution is 6.12. The van der Waals surface area contributed by atoms with Crippen LogP contribution in [0.5, 0.6) is 11.5 Å². The Balaban J connectivity index is 1.60. The maximum absolute atomic E-state index is 12.2. The molecule has 0 aliphatic carbocycles. The molecule has 0 amide bonds. The number of hydrogen-bond donors (Lipinski definition) is 1. The number of esters is 2. The van der Waals surface area contributed by atoms with Crippen LogP contribution in [0, 0.1) is 0 Å². The summed E-state index contributed by atoms with van der Waals surface area (Å²) in [6.07, 6.45) is 0.664. The number of fused-ring (bicyclic) bond motifs is 2. The molecule has 5 aromatic carbocycles. The molecule has 0 bridgehead atoms. The molecule has 5 rings (SSSR count). The maximum Gasteiger partial charge on any atom is 0.335 e. The Hall–Kier alpha value is -5.89. The Labute approximate surface area is 259 Å². The topological polar surface area (TPSA) is 108 Å². The molecule has 0 aromatic heterocycles. The van der Waals surface area contributed by atoms with E-state index in [1.807, 2.05) is 84.9 Å². The number of aromatic carboxylic acids is 1. The van der Waals surface area contributed by atoms with E-state index in [2.05, 4.69) is 13.2 Å². The van der Waals surface area contributed by atoms with Gasteiger partial charge in [-0.25, -0.2) is 14.4 Å². The van der Waals surface area contributed by atoms with Gasteiger partial charge in [-0.15, -0.1) is 0 Å². The van der Waals surface area contributed by atoms with Gasteiger partial charge in [-0.05, 0) is 29.3 Å². The largest absolute Gasteiger partial charge is 0.488 e. The quantitative estimate of drug-likeness (QED) is 0.0844. The van der Waals surface area contributed by atoms with Gasteiger partial charge in [0.1, 0.15) is 24.7 Å². The molecule has 226 valence electrons. The molecular weight excluding hydrogens is 572 g/mol. The lowest BCUT2D eigenvalue weighted by Gasteiger charge is -2.23. The predicted molar refractivity (Wildman–Crippen MR) is 170 cm³/mol. The summed E-state index contributed by atoms with van der Waals surface area (Å²) < 4.78 is 24.1. The molecule has 2 unspecified atom stereocenters. The molecule has 0 aliphatic heterocycles. The summed E-state index contributed by atoms with van der Waals surface area (Å²) in [4.78, 5) is 36.4. The second-order valence-corrected chi connectivity index (χ2v) is 9.97. The van der Waals surface area contributed by atoms with Crippen LogP contribution in [0.3, 0.4) is 0 Å². The van der Waals surface area contributed by atoms with Gasteiger partial charge < -0.3 is 24.1 Å². The second-order valence-electron chi connectivity index (χ2n) is 9.97. The molecule has 0 saturated carbocycles. The second kappa shape index (κ2) is 14.1. The fraction of sp³-hybridized carbons (Fsp3) is 0.108. The predicted octanol–water partition coefficient (Wildman–Crippen LogP) is 7.39. The monoisotopic (exact) mass is 602 g/mol. The van der Waals surface area contributed by atoms with Gasteiger partial charge in [0.25, 0.3) is 0 Å². The Morgan fingerprint density at radius 3 is 1.47 bits per heavy atom. The fourth-order valence-electron chi connectivity index (χ4n) is 4.97. The average Bonchev–Trinajstić information content (AvgIpc) is 3.08. The Morgan fingerprint density at radius 1 is 0.600 bits per heavy atom. The van der Waals surface area contributed by atoms with Crippen molar-refractivity contribution in [3.05, 3.63) is 145 Å². The van der Waals surface area contributed by atoms with Crippen molar-refractivity contribution >= 4 is 39.5 Å². The van der Waals surface area contributed by atoms with E-state index in [0.717, 1.165) is 17.7 Å². The van der Waals surface area contributed by atoms with Crippen LogP contribution in [0.2, 0.25) is 0 Å². The summed E-state index contributed by atoms with van der Waals surface area (Å²) in [5.74, 6) is -1.46. The fourth-order valence-corrected chi connectivity index (χ4v) is 4.97. The van der Waals surface area contributed by atoms with Crippen LogP contribution in [-0.4, -0.2) is 36.2 Å². The first-order chi connectivity index (χ1) is 21.9. The smallest absolute Gasteiger partial charge is 0.335 e. The minimum atomic E-state index is -1.11. The van der Waals surface area contributed by atoms with Crippen molar-refractivity contribution in [1.82, 2.24) is 0 Å². The van der Waals surface area contributed by atoms with E-state index in [0.29, 0.717) is 38.6 Å². The van der Waals surface area contributed by atoms with Crippen molar-refractivity contribution in [2.24, 2.45) is 0 Å². The lowest BCUT2D eigenvalue weighted by molar-refractivity contribution is -0.145. The SMILES string of the molecule is C=CC(=O)OC(COc1c2ccccc2c(OCC(OC(=O)C=C)c2ccccc2)c2cc(C(=O)O)ccc12)c1ccccc1. The molecular formula is C37H30O8. The first-order valence-corrected chi connectivity index (χ1v) is 14.1. The Kier molecular flexibility index (Phi) is 9.55. The van der Waals surface area contributed by atoms with Crippen molar-refractivity contribution in [2.75, 3.05) is 13.2 Å². The summed E-state index contributed by atoms with van der Waals surface area (Å²) in [5, 5.41) is 12.2. The minimum Gasteiger partial charge on any atom is -0.488 e. The molecule has 45 heavy (non-hydrogen) atoms. The molecule has 2 atom stereocenters. The lowest BCUT2D eigenvalue weighted by atomic mass is 9.98. The highest BCUT2D eigenvalue weighted by Crippen LogP contribution is 2.44. The van der Waals surface area contributed by atoms with Gasteiger partial charge in [-0.1, -0.05) is 98.1 Å². The molecule has 0 aliphatic rings. The van der Waals surface area contributed by atoms with Crippen molar-refractivity contribution in [3.63, 3.8) is 0 Å². The Bertz CT molecular complexity index is 1860. The van der Waals surface area contributed by atoms with Crippen LogP contribution in [-0.2, 0) is 19.1 Å². The van der Waals surface area contributed by atoms with Gasteiger partial charge in [-0.3, -0.25) is 0 Å². The van der Waals surface area contributed by atoms with Gasteiger partial charge in [0.2, 0.25) is 0 Å². The molecule has 0 spiro atoms. The molecule has 0 radical (unpaired) electrons. The molecule has 1 N–H and O–H groups in total. The number of carbonyl (C=O) groups excluding carboxylic acids is 2. The van der Waals surface area contributed by atoms with Gasteiger partial charge in [-0.2, -0.15) is 0 Å². The van der Waals surface area contributed by atoms with E-state index in [1.54, 1.807) is 6.07 Å². The highest BCUT2D eigenvalue weighted by Gasteiger charge is 2.23. The van der Waals surface area contributed by atoms with Crippen LogP contribution in [0.4, 0.5) is 0 Å². The molecule has 0 fully saturated rings. The normalized spacial score (nSPS) is 12.1. The molecule has 0 heterocycles. The number of benzene rings is 5. The van der Waals surface area contributed by atoms with Crippen molar-refractivity contribution < 1.29 is 38.4 Å². The van der Waals surface area contributed by atoms with Crippen LogP contribution in [0.25, 0.3) is 21.5 Å². The third-order valence-corrected chi connectivity index (χ3v) is 7.12. The first kappa shape index (κ1) is 30.6. The molecule has 8 nitrogen and oxygen atoms in total. The van der Waals surface area contributed by atoms with E-state index in [-0.39, 0.29) is 18.8 Å². The van der Waals surface area contributed by atoms with E-state index >= 15 is 0 Å². The summed E-state index contributed by atoms with van der Waals surface area (Å²) in [7, 11) is 0. The number of carboxylic acids is 1. The van der Waals surface area contributed by atoms with Crippen LogP contribution in [0.1, 0.15) is 33.7 Å². The average molecular weight is 603 g/mol. The van der Waals surface area contributed by atoms with E-state index in [4.69, 9.17) is 18.9 Å². The maximum atomic E-state index is 12.2. The third kappa shape index (κ3) is 7.02. The van der Waals surface area contributed by atoms with E-state index < -0.39 is 30.1 Å². The Morgan fingerprint density at radius 2 is 1.02 bits per heavy atom. The van der Waals surface area contributed by atoms with Crippen molar-refractivity contribution in [1.29, 1.82) is 0 Å². The number of hydrogen-bond acceptors (Lipinski definition) is 7. The van der Waals surface area contributed by atoms with Crippen LogP contribution < -0.4 is 9.47 Å². The van der Waals surface area contributed by atoms with E-state index in [1.165, 1.54) is 12.1 Å². The van der Waals surface area contributed by atoms with Crippen LogP contribution in [0.15, 0.2) is 128 Å². The first-order valence-electron chi connectivity index (χ1n) is 14.1. The van der Waals surface area contributed by atoms with E-state index in [9.17, 15) is 19.5 Å². The summed E-state index contributed by atoms with van der Waals surface area (Å²) in [5.41, 5.74) is 1.50. The zero-order chi connectivity index (χ0) is 31.8.